The maximum absolute atomic E-state index is 12.5. The highest BCUT2D eigenvalue weighted by Gasteiger charge is 2.24. The first-order valence-electron chi connectivity index (χ1n) is 10.3. The lowest BCUT2D eigenvalue weighted by Crippen LogP contribution is -2.14. The molecular formula is C24H24N4O4. The Kier molecular flexibility index (Phi) is 5.93. The van der Waals surface area contributed by atoms with Crippen molar-refractivity contribution < 1.29 is 18.7 Å². The summed E-state index contributed by atoms with van der Waals surface area (Å²) in [5.41, 5.74) is 4.08. The fraction of sp³-hybridized carbons (Fsp3) is 0.208. The molecule has 3 heterocycles. The second-order valence-corrected chi connectivity index (χ2v) is 7.22. The van der Waals surface area contributed by atoms with Crippen molar-refractivity contribution in [3.63, 3.8) is 0 Å². The molecule has 4 aromatic rings. The fourth-order valence-electron chi connectivity index (χ4n) is 3.79. The molecule has 0 fully saturated rings. The van der Waals surface area contributed by atoms with Crippen LogP contribution in [0.5, 0.6) is 0 Å². The highest BCUT2D eigenvalue weighted by atomic mass is 16.5. The van der Waals surface area contributed by atoms with Crippen LogP contribution in [-0.2, 0) is 22.6 Å². The molecule has 2 N–H and O–H groups in total. The number of aromatic nitrogens is 2. The molecule has 1 amide bonds. The Balaban J connectivity index is 1.71. The van der Waals surface area contributed by atoms with E-state index in [1.165, 1.54) is 14.0 Å². The van der Waals surface area contributed by atoms with Gasteiger partial charge in [-0.25, -0.2) is 9.78 Å². The number of hydrogen-bond donors (Lipinski definition) is 2. The minimum atomic E-state index is -0.532. The third-order valence-corrected chi connectivity index (χ3v) is 5.18. The van der Waals surface area contributed by atoms with E-state index in [2.05, 4.69) is 15.6 Å². The van der Waals surface area contributed by atoms with Gasteiger partial charge >= 0.3 is 5.97 Å². The van der Waals surface area contributed by atoms with Crippen molar-refractivity contribution in [1.29, 1.82) is 0 Å². The largest absolute Gasteiger partial charge is 0.464 e. The fourth-order valence-corrected chi connectivity index (χ4v) is 3.79. The summed E-state index contributed by atoms with van der Waals surface area (Å²) in [5, 5.41) is 6.82. The third kappa shape index (κ3) is 3.94. The lowest BCUT2D eigenvalue weighted by molar-refractivity contribution is -0.114. The Hall–Kier alpha value is -4.07. The van der Waals surface area contributed by atoms with Gasteiger partial charge in [-0.1, -0.05) is 24.3 Å². The normalized spacial score (nSPS) is 10.8. The van der Waals surface area contributed by atoms with Crippen LogP contribution in [0.2, 0.25) is 0 Å². The molecule has 4 rings (SSSR count). The number of rotatable bonds is 7. The van der Waals surface area contributed by atoms with Crippen molar-refractivity contribution >= 4 is 34.3 Å². The molecule has 0 bridgehead atoms. The number of methoxy groups -OCH3 is 1. The van der Waals surface area contributed by atoms with Gasteiger partial charge in [0.1, 0.15) is 11.4 Å². The van der Waals surface area contributed by atoms with Crippen molar-refractivity contribution in [1.82, 2.24) is 9.55 Å². The number of anilines is 2. The van der Waals surface area contributed by atoms with Gasteiger partial charge in [-0.05, 0) is 30.7 Å². The van der Waals surface area contributed by atoms with E-state index in [1.54, 1.807) is 17.0 Å². The lowest BCUT2D eigenvalue weighted by Gasteiger charge is -2.10. The van der Waals surface area contributed by atoms with Crippen molar-refractivity contribution in [2.75, 3.05) is 17.7 Å². The van der Waals surface area contributed by atoms with E-state index in [4.69, 9.17) is 9.15 Å². The number of furan rings is 1. The highest BCUT2D eigenvalue weighted by Crippen LogP contribution is 2.33. The summed E-state index contributed by atoms with van der Waals surface area (Å²) in [4.78, 5) is 28.9. The first-order chi connectivity index (χ1) is 15.5. The van der Waals surface area contributed by atoms with Gasteiger partial charge in [-0.15, -0.1) is 0 Å². The Morgan fingerprint density at radius 2 is 2.00 bits per heavy atom. The van der Waals surface area contributed by atoms with Gasteiger partial charge in [0.05, 0.1) is 30.9 Å². The predicted molar refractivity (Wildman–Crippen MR) is 123 cm³/mol. The highest BCUT2D eigenvalue weighted by molar-refractivity contribution is 6.10. The zero-order chi connectivity index (χ0) is 22.7. The standard InChI is InChI=1S/C24H24N4O4/c1-4-28-22(24(30)31-3)21(27-15(2)29)19-12-17(14-26-23(19)28)25-13-16-8-5-6-9-18(16)20-10-7-11-32-20/h5-12,14,25H,4,13H2,1-3H3,(H,27,29). The number of nitrogens with one attached hydrogen (secondary N) is 2. The molecule has 0 aliphatic heterocycles. The second-order valence-electron chi connectivity index (χ2n) is 7.22. The van der Waals surface area contributed by atoms with Gasteiger partial charge in [0.25, 0.3) is 0 Å². The number of fused-ring (bicyclic) bond motifs is 1. The molecular weight excluding hydrogens is 408 g/mol. The average molecular weight is 432 g/mol. The Bertz CT molecular complexity index is 1270. The van der Waals surface area contributed by atoms with Gasteiger partial charge in [-0.2, -0.15) is 0 Å². The SMILES string of the molecule is CCn1c(C(=O)OC)c(NC(C)=O)c2cc(NCc3ccccc3-c3ccco3)cnc21. The molecule has 8 heteroatoms. The van der Waals surface area contributed by atoms with Crippen LogP contribution in [0.1, 0.15) is 29.9 Å². The first kappa shape index (κ1) is 21.2. The van der Waals surface area contributed by atoms with Gasteiger partial charge < -0.3 is 24.4 Å². The summed E-state index contributed by atoms with van der Waals surface area (Å²) in [6, 6.07) is 13.6. The van der Waals surface area contributed by atoms with Crippen LogP contribution < -0.4 is 10.6 Å². The summed E-state index contributed by atoms with van der Waals surface area (Å²) in [5.74, 6) is -0.0156. The van der Waals surface area contributed by atoms with Crippen LogP contribution >= 0.6 is 0 Å². The quantitative estimate of drug-likeness (QED) is 0.412. The molecule has 0 atom stereocenters. The Labute approximate surface area is 185 Å². The van der Waals surface area contributed by atoms with Gasteiger partial charge in [-0.3, -0.25) is 4.79 Å². The van der Waals surface area contributed by atoms with Gasteiger partial charge in [0.2, 0.25) is 5.91 Å². The monoisotopic (exact) mass is 432 g/mol. The van der Waals surface area contributed by atoms with E-state index in [-0.39, 0.29) is 11.6 Å². The minimum absolute atomic E-state index is 0.271. The molecule has 0 aliphatic carbocycles. The minimum Gasteiger partial charge on any atom is -0.464 e. The Morgan fingerprint density at radius 1 is 1.19 bits per heavy atom. The lowest BCUT2D eigenvalue weighted by atomic mass is 10.1. The van der Waals surface area contributed by atoms with Gasteiger partial charge in [0, 0.05) is 31.0 Å². The van der Waals surface area contributed by atoms with Crippen LogP contribution in [-0.4, -0.2) is 28.5 Å². The number of carbonyl (C=O) groups excluding carboxylic acids is 2. The summed E-state index contributed by atoms with van der Waals surface area (Å²) in [6.45, 7) is 4.34. The molecule has 0 radical (unpaired) electrons. The zero-order valence-corrected chi connectivity index (χ0v) is 18.1. The van der Waals surface area contributed by atoms with Crippen LogP contribution in [0.15, 0.2) is 59.3 Å². The van der Waals surface area contributed by atoms with Crippen LogP contribution in [0.4, 0.5) is 11.4 Å². The molecule has 8 nitrogen and oxygen atoms in total. The molecule has 32 heavy (non-hydrogen) atoms. The molecule has 0 aliphatic rings. The van der Waals surface area contributed by atoms with Crippen molar-refractivity contribution in [3.05, 3.63) is 66.2 Å². The first-order valence-corrected chi connectivity index (χ1v) is 10.3. The van der Waals surface area contributed by atoms with Crippen molar-refractivity contribution in [2.45, 2.75) is 26.9 Å². The summed E-state index contributed by atoms with van der Waals surface area (Å²) >= 11 is 0. The van der Waals surface area contributed by atoms with Crippen LogP contribution in [0.3, 0.4) is 0 Å². The van der Waals surface area contributed by atoms with Crippen LogP contribution in [0, 0.1) is 0 Å². The topological polar surface area (TPSA) is 98.4 Å². The van der Waals surface area contributed by atoms with Crippen molar-refractivity contribution in [3.8, 4) is 11.3 Å². The molecule has 3 aromatic heterocycles. The summed E-state index contributed by atoms with van der Waals surface area (Å²) < 4.78 is 12.2. The maximum atomic E-state index is 12.5. The average Bonchev–Trinajstić information content (AvgIpc) is 3.43. The molecule has 0 spiro atoms. The van der Waals surface area contributed by atoms with E-state index >= 15 is 0 Å². The predicted octanol–water partition coefficient (Wildman–Crippen LogP) is 4.67. The second kappa shape index (κ2) is 8.97. The molecule has 0 unspecified atom stereocenters. The molecule has 164 valence electrons. The van der Waals surface area contributed by atoms with Crippen LogP contribution in [0.25, 0.3) is 22.4 Å². The van der Waals surface area contributed by atoms with E-state index < -0.39 is 5.97 Å². The van der Waals surface area contributed by atoms with E-state index in [0.29, 0.717) is 29.8 Å². The number of pyridine rings is 1. The number of aryl methyl sites for hydroxylation is 1. The van der Waals surface area contributed by atoms with Crippen molar-refractivity contribution in [2.24, 2.45) is 0 Å². The molecule has 1 aromatic carbocycles. The number of hydrogen-bond acceptors (Lipinski definition) is 6. The number of amides is 1. The summed E-state index contributed by atoms with van der Waals surface area (Å²) in [6.07, 6.45) is 3.36. The van der Waals surface area contributed by atoms with Gasteiger partial charge in [0.15, 0.2) is 5.69 Å². The molecule has 0 saturated heterocycles. The maximum Gasteiger partial charge on any atom is 0.356 e. The number of nitrogens with zero attached hydrogens (tertiary/aromatic N) is 2. The number of esters is 1. The smallest absolute Gasteiger partial charge is 0.356 e. The van der Waals surface area contributed by atoms with E-state index in [0.717, 1.165) is 22.6 Å². The number of benzene rings is 1. The summed E-state index contributed by atoms with van der Waals surface area (Å²) in [7, 11) is 1.31. The number of carbonyl (C=O) groups is 2. The Morgan fingerprint density at radius 3 is 2.69 bits per heavy atom. The van der Waals surface area contributed by atoms with E-state index in [1.807, 2.05) is 49.4 Å². The zero-order valence-electron chi connectivity index (χ0n) is 18.1. The molecule has 0 saturated carbocycles. The number of ether oxygens (including phenoxy) is 1. The third-order valence-electron chi connectivity index (χ3n) is 5.18. The van der Waals surface area contributed by atoms with E-state index in [9.17, 15) is 9.59 Å².